The summed E-state index contributed by atoms with van der Waals surface area (Å²) in [7, 11) is -11.3. The second kappa shape index (κ2) is 34.9. The van der Waals surface area contributed by atoms with Crippen LogP contribution in [0.25, 0.3) is 0 Å². The van der Waals surface area contributed by atoms with Crippen molar-refractivity contribution in [2.75, 3.05) is 31.6 Å². The predicted molar refractivity (Wildman–Crippen MR) is 314 cm³/mol. The molecule has 1 saturated heterocycles. The van der Waals surface area contributed by atoms with E-state index in [0.29, 0.717) is 55.5 Å². The first-order chi connectivity index (χ1) is 41.0. The normalized spacial score (nSPS) is 14.8. The highest BCUT2D eigenvalue weighted by molar-refractivity contribution is 7.72. The molecule has 5 amide bonds. The van der Waals surface area contributed by atoms with Crippen molar-refractivity contribution in [3.05, 3.63) is 113 Å². The van der Waals surface area contributed by atoms with Crippen molar-refractivity contribution in [3.8, 4) is 0 Å². The fourth-order valence-electron chi connectivity index (χ4n) is 8.95. The molecule has 0 aliphatic carbocycles. The maximum Gasteiger partial charge on any atom is 0.408 e. The largest absolute Gasteiger partial charge is 0.466 e. The number of amides is 5. The number of alkyl carbamates (subject to hydrolysis) is 2. The van der Waals surface area contributed by atoms with Crippen LogP contribution in [-0.2, 0) is 77.6 Å². The van der Waals surface area contributed by atoms with E-state index < -0.39 is 99.7 Å². The minimum Gasteiger partial charge on any atom is -0.466 e. The van der Waals surface area contributed by atoms with E-state index in [-0.39, 0.29) is 87.0 Å². The van der Waals surface area contributed by atoms with Gasteiger partial charge in [-0.1, -0.05) is 99.5 Å². The number of rotatable bonds is 36. The van der Waals surface area contributed by atoms with E-state index in [9.17, 15) is 67.4 Å². The Morgan fingerprint density at radius 3 is 1.99 bits per heavy atom. The Balaban J connectivity index is 1.32. The second-order valence-electron chi connectivity index (χ2n) is 21.0. The lowest BCUT2D eigenvalue weighted by atomic mass is 10.0. The molecule has 0 aromatic heterocycles. The number of aliphatic imine (C=N–C) groups is 1. The van der Waals surface area contributed by atoms with Gasteiger partial charge in [0.1, 0.15) is 25.3 Å². The van der Waals surface area contributed by atoms with E-state index in [4.69, 9.17) is 30.4 Å². The number of halogens is 2. The number of guanidine groups is 1. The summed E-state index contributed by atoms with van der Waals surface area (Å²) < 4.78 is 76.4. The lowest BCUT2D eigenvalue weighted by molar-refractivity contribution is -0.167. The summed E-state index contributed by atoms with van der Waals surface area (Å²) in [6, 6.07) is 16.2. The first-order valence-electron chi connectivity index (χ1n) is 28.3. The van der Waals surface area contributed by atoms with Gasteiger partial charge in [0.15, 0.2) is 12.1 Å². The smallest absolute Gasteiger partial charge is 0.408 e. The van der Waals surface area contributed by atoms with E-state index in [1.807, 2.05) is 13.8 Å². The molecule has 1 heterocycles. The van der Waals surface area contributed by atoms with Gasteiger partial charge >= 0.3 is 45.2 Å². The number of likely N-dealkylation sites (tertiary alicyclic amines) is 1. The number of carbonyl (C=O) groups excluding carboxylic acids is 7. The number of nitrogens with zero attached hydrogens (tertiary/aromatic N) is 2. The van der Waals surface area contributed by atoms with Crippen molar-refractivity contribution >= 4 is 68.7 Å². The van der Waals surface area contributed by atoms with Crippen molar-refractivity contribution in [1.29, 1.82) is 0 Å². The number of hydrogen-bond donors (Lipinski definition) is 11. The van der Waals surface area contributed by atoms with Crippen LogP contribution in [-0.4, -0.2) is 133 Å². The van der Waals surface area contributed by atoms with E-state index in [0.717, 1.165) is 18.9 Å². The number of hydrogen-bond acceptors (Lipinski definition) is 15. The molecular weight excluding hydrogens is 1180 g/mol. The monoisotopic (exact) mass is 1260 g/mol. The number of alkyl halides is 2. The predicted octanol–water partition coefficient (Wildman–Crippen LogP) is 5.82. The maximum absolute atomic E-state index is 16.2. The first-order valence-corrected chi connectivity index (χ1v) is 31.5. The third-order valence-corrected chi connectivity index (χ3v) is 17.5. The number of esters is 2. The molecule has 480 valence electrons. The molecule has 1 fully saturated rings. The molecule has 26 nitrogen and oxygen atoms in total. The van der Waals surface area contributed by atoms with E-state index in [1.165, 1.54) is 66.7 Å². The lowest BCUT2D eigenvalue weighted by Crippen LogP contribution is -2.53. The van der Waals surface area contributed by atoms with Crippen LogP contribution in [0.1, 0.15) is 120 Å². The van der Waals surface area contributed by atoms with Gasteiger partial charge in [0.05, 0.1) is 19.1 Å². The van der Waals surface area contributed by atoms with Gasteiger partial charge in [-0.25, -0.2) is 9.59 Å². The fraction of sp³-hybridized carbons (Fsp3) is 0.509. The van der Waals surface area contributed by atoms with Gasteiger partial charge in [0.2, 0.25) is 17.7 Å². The summed E-state index contributed by atoms with van der Waals surface area (Å²) >= 11 is 0. The van der Waals surface area contributed by atoms with Crippen LogP contribution >= 0.6 is 15.2 Å². The molecule has 13 N–H and O–H groups in total. The molecule has 1 aliphatic rings. The maximum atomic E-state index is 16.2. The Hall–Kier alpha value is -7.32. The molecule has 1 unspecified atom stereocenters. The summed E-state index contributed by atoms with van der Waals surface area (Å²) in [4.78, 5) is 134. The fourth-order valence-corrected chi connectivity index (χ4v) is 11.2. The summed E-state index contributed by atoms with van der Waals surface area (Å²) in [6.07, 6.45) is 0.893. The number of benzene rings is 3. The van der Waals surface area contributed by atoms with Gasteiger partial charge in [-0.05, 0) is 92.7 Å². The van der Waals surface area contributed by atoms with Crippen LogP contribution < -0.4 is 32.7 Å². The highest BCUT2D eigenvalue weighted by Crippen LogP contribution is 2.69. The SMILES string of the molecule is CCOC(=O)CCCCCCN1C(=O)CC[C@@H]1/C=C/[C@@H](OC(=O)Cc1ccc(COC(=O)NC(CC(C)C)C(=O)N[C@@H](CCCN=C(N)N)C(=O)Nc2ccc(COC(=O)NCCCC(O)(P(=O)(O)O)P(=O)(O)O)cc2)cc1)C(F)(F)c1ccccc1. The zero-order valence-corrected chi connectivity index (χ0v) is 50.5. The summed E-state index contributed by atoms with van der Waals surface area (Å²) in [5.74, 6) is -6.68. The topological polar surface area (TPSA) is 407 Å². The molecular formula is C57H80F2N8O18P2. The van der Waals surface area contributed by atoms with Gasteiger partial charge in [0.25, 0.3) is 5.08 Å². The van der Waals surface area contributed by atoms with Gasteiger partial charge < -0.3 is 81.3 Å². The van der Waals surface area contributed by atoms with Crippen molar-refractivity contribution < 1.29 is 95.1 Å². The Labute approximate surface area is 502 Å². The first kappa shape index (κ1) is 72.2. The molecule has 3 aromatic carbocycles. The summed E-state index contributed by atoms with van der Waals surface area (Å²) in [5.41, 5.74) is 12.1. The van der Waals surface area contributed by atoms with Crippen molar-refractivity contribution in [3.63, 3.8) is 0 Å². The van der Waals surface area contributed by atoms with Crippen molar-refractivity contribution in [2.24, 2.45) is 22.4 Å². The van der Waals surface area contributed by atoms with Crippen molar-refractivity contribution in [2.45, 2.75) is 153 Å². The number of anilines is 1. The zero-order chi connectivity index (χ0) is 64.4. The van der Waals surface area contributed by atoms with E-state index in [2.05, 4.69) is 26.3 Å². The lowest BCUT2D eigenvalue weighted by Gasteiger charge is -2.29. The molecule has 1 aliphatic heterocycles. The third-order valence-electron chi connectivity index (χ3n) is 13.6. The molecule has 3 aromatic rings. The number of carbonyl (C=O) groups is 7. The molecule has 0 radical (unpaired) electrons. The highest BCUT2D eigenvalue weighted by Gasteiger charge is 2.58. The third kappa shape index (κ3) is 24.4. The zero-order valence-electron chi connectivity index (χ0n) is 48.7. The van der Waals surface area contributed by atoms with Crippen molar-refractivity contribution in [1.82, 2.24) is 20.9 Å². The highest BCUT2D eigenvalue weighted by atomic mass is 31.2. The Morgan fingerprint density at radius 1 is 0.770 bits per heavy atom. The Bertz CT molecular complexity index is 2890. The van der Waals surface area contributed by atoms with Crippen LogP contribution in [0.5, 0.6) is 0 Å². The summed E-state index contributed by atoms with van der Waals surface area (Å²) in [5, 5.41) is 16.5. The summed E-state index contributed by atoms with van der Waals surface area (Å²) in [6.45, 7) is 5.23. The van der Waals surface area contributed by atoms with Crippen LogP contribution in [0.15, 0.2) is 96.0 Å². The molecule has 0 spiro atoms. The average Bonchev–Trinajstić information content (AvgIpc) is 2.03. The second-order valence-corrected chi connectivity index (χ2v) is 25.0. The molecule has 4 atom stereocenters. The van der Waals surface area contributed by atoms with Crippen LogP contribution in [0, 0.1) is 5.92 Å². The quantitative estimate of drug-likeness (QED) is 0.00621. The van der Waals surface area contributed by atoms with Gasteiger partial charge in [0, 0.05) is 50.1 Å². The number of aliphatic hydroxyl groups is 1. The minimum absolute atomic E-state index is 0.0460. The number of ether oxygens (including phenoxy) is 4. The average molecular weight is 1270 g/mol. The number of nitrogens with one attached hydrogen (secondary N) is 4. The van der Waals surface area contributed by atoms with E-state index in [1.54, 1.807) is 30.0 Å². The standard InChI is InChI=1S/C57H80F2N8O18P2/c1-4-82-49(69)17-10-5-6-11-33-67-44(27-29-48(67)68)26-28-47(57(58,59)42-14-8-7-9-15-42)85-50(70)35-39-18-20-40(21-19-39)37-84-55(74)66-46(34-38(2)3)52(72)65-45(16-12-31-62-53(60)61)51(71)64-43-24-22-41(23-25-43)36-83-54(73)63-32-13-30-56(75,86(76,77)78)87(79,80)81/h7-9,14-15,18-26,28,38,44-47,75H,4-6,10-13,16-17,27,29-37H2,1-3H3,(H,63,73)(H,64,71)(H,65,72)(H,66,74)(H4,60,61,62)(H2,76,77,78)(H2,79,80,81)/b28-26+/t44-,45-,46?,47+/m0/s1. The molecule has 30 heteroatoms. The van der Waals surface area contributed by atoms with E-state index >= 15 is 8.78 Å². The number of unbranched alkanes of at least 4 members (excludes halogenated alkanes) is 3. The minimum atomic E-state index is -5.66. The van der Waals surface area contributed by atoms with Crippen LogP contribution in [0.3, 0.4) is 0 Å². The Kier molecular flexibility index (Phi) is 28.9. The molecule has 0 saturated carbocycles. The van der Waals surface area contributed by atoms with Crippen LogP contribution in [0.2, 0.25) is 0 Å². The Morgan fingerprint density at radius 2 is 1.38 bits per heavy atom. The van der Waals surface area contributed by atoms with Gasteiger partial charge in [-0.2, -0.15) is 8.78 Å². The molecule has 0 bridgehead atoms. The molecule has 4 rings (SSSR count). The van der Waals surface area contributed by atoms with Crippen LogP contribution in [0.4, 0.5) is 24.1 Å². The number of nitrogens with two attached hydrogens (primary N) is 2. The molecule has 87 heavy (non-hydrogen) atoms. The van der Waals surface area contributed by atoms with Gasteiger partial charge in [-0.15, -0.1) is 0 Å². The van der Waals surface area contributed by atoms with Gasteiger partial charge in [-0.3, -0.25) is 38.1 Å².